The number of aromatic amines is 1. The van der Waals surface area contributed by atoms with Crippen LogP contribution in [0.5, 0.6) is 0 Å². The second-order valence-corrected chi connectivity index (χ2v) is 6.28. The molecule has 0 amide bonds. The fraction of sp³-hybridized carbons (Fsp3) is 0. The first-order chi connectivity index (χ1) is 8.74. The Balaban J connectivity index is 2.05. The van der Waals surface area contributed by atoms with Gasteiger partial charge >= 0.3 is 0 Å². The number of aromatic nitrogens is 1. The average molecular weight is 339 g/mol. The Morgan fingerprint density at radius 2 is 1.89 bits per heavy atom. The van der Waals surface area contributed by atoms with Crippen LogP contribution in [0, 0.1) is 0 Å². The molecule has 0 atom stereocenters. The molecule has 0 spiro atoms. The van der Waals surface area contributed by atoms with E-state index < -0.39 is 0 Å². The predicted octanol–water partition coefficient (Wildman–Crippen LogP) is 5.74. The predicted molar refractivity (Wildman–Crippen MR) is 81.6 cm³/mol. The van der Waals surface area contributed by atoms with Crippen molar-refractivity contribution in [2.75, 3.05) is 0 Å². The highest BCUT2D eigenvalue weighted by atomic mass is 79.9. The van der Waals surface area contributed by atoms with Gasteiger partial charge in [0.2, 0.25) is 0 Å². The lowest BCUT2D eigenvalue weighted by atomic mass is 10.2. The van der Waals surface area contributed by atoms with Crippen molar-refractivity contribution in [3.05, 3.63) is 58.2 Å². The Morgan fingerprint density at radius 3 is 2.72 bits per heavy atom. The van der Waals surface area contributed by atoms with Gasteiger partial charge < -0.3 is 4.98 Å². The van der Waals surface area contributed by atoms with Crippen LogP contribution in [-0.4, -0.2) is 4.98 Å². The van der Waals surface area contributed by atoms with Crippen LogP contribution in [0.15, 0.2) is 62.9 Å². The highest BCUT2D eigenvalue weighted by molar-refractivity contribution is 9.10. The van der Waals surface area contributed by atoms with E-state index in [2.05, 4.69) is 33.0 Å². The highest BCUT2D eigenvalue weighted by Gasteiger charge is 2.07. The molecule has 0 unspecified atom stereocenters. The molecule has 0 fully saturated rings. The minimum Gasteiger partial charge on any atom is -0.360 e. The molecule has 1 N–H and O–H groups in total. The van der Waals surface area contributed by atoms with Crippen LogP contribution in [0.3, 0.4) is 0 Å². The summed E-state index contributed by atoms with van der Waals surface area (Å²) in [6.07, 6.45) is 2.02. The Hall–Kier alpha value is -0.900. The summed E-state index contributed by atoms with van der Waals surface area (Å²) in [5.74, 6) is 0. The van der Waals surface area contributed by atoms with E-state index in [1.807, 2.05) is 36.5 Å². The number of benzene rings is 2. The van der Waals surface area contributed by atoms with E-state index in [1.165, 1.54) is 10.3 Å². The monoisotopic (exact) mass is 337 g/mol. The molecule has 3 rings (SSSR count). The van der Waals surface area contributed by atoms with Crippen LogP contribution >= 0.6 is 39.3 Å². The van der Waals surface area contributed by atoms with Crippen molar-refractivity contribution in [3.8, 4) is 0 Å². The van der Waals surface area contributed by atoms with E-state index in [9.17, 15) is 0 Å². The van der Waals surface area contributed by atoms with Gasteiger partial charge in [0.05, 0.1) is 5.02 Å². The van der Waals surface area contributed by atoms with E-state index >= 15 is 0 Å². The van der Waals surface area contributed by atoms with E-state index in [-0.39, 0.29) is 0 Å². The zero-order valence-corrected chi connectivity index (χ0v) is 12.4. The number of H-pyrrole nitrogens is 1. The van der Waals surface area contributed by atoms with Crippen molar-refractivity contribution < 1.29 is 0 Å². The smallest absolute Gasteiger partial charge is 0.0545 e. The normalized spacial score (nSPS) is 11.0. The van der Waals surface area contributed by atoms with Gasteiger partial charge in [-0.2, -0.15) is 0 Å². The van der Waals surface area contributed by atoms with Crippen molar-refractivity contribution >= 4 is 50.2 Å². The number of nitrogens with one attached hydrogen (secondary N) is 1. The van der Waals surface area contributed by atoms with Crippen LogP contribution in [0.4, 0.5) is 0 Å². The molecular weight excluding hydrogens is 330 g/mol. The van der Waals surface area contributed by atoms with Gasteiger partial charge in [0.25, 0.3) is 0 Å². The number of halogens is 2. The molecule has 3 aromatic rings. The number of fused-ring (bicyclic) bond motifs is 1. The van der Waals surface area contributed by atoms with Gasteiger partial charge in [0.1, 0.15) is 0 Å². The molecule has 0 aliphatic rings. The quantitative estimate of drug-likeness (QED) is 0.630. The Morgan fingerprint density at radius 1 is 1.06 bits per heavy atom. The van der Waals surface area contributed by atoms with Crippen LogP contribution in [0.2, 0.25) is 5.02 Å². The lowest BCUT2D eigenvalue weighted by Gasteiger charge is -2.02. The molecule has 2 aromatic carbocycles. The summed E-state index contributed by atoms with van der Waals surface area (Å²) < 4.78 is 1.08. The van der Waals surface area contributed by atoms with Gasteiger partial charge in [0, 0.05) is 31.4 Å². The van der Waals surface area contributed by atoms with Gasteiger partial charge in [-0.15, -0.1) is 0 Å². The Kier molecular flexibility index (Phi) is 3.37. The number of hydrogen-bond donors (Lipinski definition) is 1. The van der Waals surface area contributed by atoms with Crippen molar-refractivity contribution in [2.24, 2.45) is 0 Å². The highest BCUT2D eigenvalue weighted by Crippen LogP contribution is 2.37. The van der Waals surface area contributed by atoms with Crippen molar-refractivity contribution in [1.82, 2.24) is 4.98 Å². The molecule has 0 aliphatic heterocycles. The molecule has 1 nitrogen and oxygen atoms in total. The largest absolute Gasteiger partial charge is 0.360 e. The fourth-order valence-corrected chi connectivity index (χ4v) is 3.36. The van der Waals surface area contributed by atoms with Crippen LogP contribution in [0.1, 0.15) is 0 Å². The third-order valence-electron chi connectivity index (χ3n) is 2.66. The fourth-order valence-electron chi connectivity index (χ4n) is 1.80. The van der Waals surface area contributed by atoms with Crippen LogP contribution in [0.25, 0.3) is 10.9 Å². The van der Waals surface area contributed by atoms with Crippen LogP contribution in [-0.2, 0) is 0 Å². The topological polar surface area (TPSA) is 15.8 Å². The maximum atomic E-state index is 6.18. The molecule has 0 bridgehead atoms. The third-order valence-corrected chi connectivity index (χ3v) is 4.73. The van der Waals surface area contributed by atoms with Crippen molar-refractivity contribution in [1.29, 1.82) is 0 Å². The molecule has 90 valence electrons. The van der Waals surface area contributed by atoms with Gasteiger partial charge in [-0.25, -0.2) is 0 Å². The molecule has 4 heteroatoms. The molecule has 1 aromatic heterocycles. The minimum atomic E-state index is 0.784. The standard InChI is InChI=1S/C14H9BrClNS/c15-9-5-6-12-10(7-9)14(8-17-12)18-13-4-2-1-3-11(13)16/h1-8,17H. The summed E-state index contributed by atoms with van der Waals surface area (Å²) in [5, 5.41) is 1.99. The summed E-state index contributed by atoms with van der Waals surface area (Å²) in [5.41, 5.74) is 1.13. The molecular formula is C14H9BrClNS. The molecule has 0 radical (unpaired) electrons. The van der Waals surface area contributed by atoms with E-state index in [0.717, 1.165) is 19.9 Å². The summed E-state index contributed by atoms with van der Waals surface area (Å²) in [6, 6.07) is 14.1. The lowest BCUT2D eigenvalue weighted by molar-refractivity contribution is 1.39. The maximum absolute atomic E-state index is 6.18. The summed E-state index contributed by atoms with van der Waals surface area (Å²) >= 11 is 11.4. The Labute approximate surface area is 123 Å². The van der Waals surface area contributed by atoms with Gasteiger partial charge in [-0.1, -0.05) is 51.4 Å². The molecule has 0 saturated heterocycles. The zero-order valence-electron chi connectivity index (χ0n) is 9.28. The molecule has 0 saturated carbocycles. The van der Waals surface area contributed by atoms with Gasteiger partial charge in [-0.05, 0) is 30.3 Å². The Bertz CT molecular complexity index is 708. The van der Waals surface area contributed by atoms with E-state index in [4.69, 9.17) is 11.6 Å². The third kappa shape index (κ3) is 2.30. The van der Waals surface area contributed by atoms with E-state index in [0.29, 0.717) is 0 Å². The first-order valence-corrected chi connectivity index (χ1v) is 7.42. The zero-order chi connectivity index (χ0) is 12.5. The molecule has 0 aliphatic carbocycles. The first kappa shape index (κ1) is 12.2. The minimum absolute atomic E-state index is 0.784. The molecule has 1 heterocycles. The average Bonchev–Trinajstić information content (AvgIpc) is 2.75. The second-order valence-electron chi connectivity index (χ2n) is 3.88. The lowest BCUT2D eigenvalue weighted by Crippen LogP contribution is -1.74. The van der Waals surface area contributed by atoms with Crippen LogP contribution < -0.4 is 0 Å². The second kappa shape index (κ2) is 5.00. The summed E-state index contributed by atoms with van der Waals surface area (Å²) in [4.78, 5) is 5.52. The summed E-state index contributed by atoms with van der Waals surface area (Å²) in [7, 11) is 0. The summed E-state index contributed by atoms with van der Waals surface area (Å²) in [6.45, 7) is 0. The van der Waals surface area contributed by atoms with Crippen molar-refractivity contribution in [3.63, 3.8) is 0 Å². The SMILES string of the molecule is Clc1ccccc1Sc1c[nH]c2ccc(Br)cc12. The number of hydrogen-bond acceptors (Lipinski definition) is 1. The first-order valence-electron chi connectivity index (χ1n) is 5.43. The molecule has 18 heavy (non-hydrogen) atoms. The van der Waals surface area contributed by atoms with Gasteiger partial charge in [-0.3, -0.25) is 0 Å². The van der Waals surface area contributed by atoms with Crippen molar-refractivity contribution in [2.45, 2.75) is 9.79 Å². The van der Waals surface area contributed by atoms with E-state index in [1.54, 1.807) is 11.8 Å². The maximum Gasteiger partial charge on any atom is 0.0545 e. The van der Waals surface area contributed by atoms with Gasteiger partial charge in [0.15, 0.2) is 0 Å². The number of rotatable bonds is 2.